The van der Waals surface area contributed by atoms with Gasteiger partial charge in [-0.25, -0.2) is 0 Å². The van der Waals surface area contributed by atoms with Crippen LogP contribution in [0.3, 0.4) is 0 Å². The summed E-state index contributed by atoms with van der Waals surface area (Å²) < 4.78 is 5.20. The van der Waals surface area contributed by atoms with Gasteiger partial charge in [-0.2, -0.15) is 4.98 Å². The van der Waals surface area contributed by atoms with Gasteiger partial charge in [-0.15, -0.1) is 0 Å². The first-order valence-electron chi connectivity index (χ1n) is 7.49. The van der Waals surface area contributed by atoms with Crippen LogP contribution in [-0.2, 0) is 6.42 Å². The highest BCUT2D eigenvalue weighted by atomic mass is 16.5. The fourth-order valence-corrected chi connectivity index (χ4v) is 2.83. The van der Waals surface area contributed by atoms with Crippen molar-refractivity contribution >= 4 is 0 Å². The molecule has 0 aromatic carbocycles. The van der Waals surface area contributed by atoms with Gasteiger partial charge in [-0.1, -0.05) is 25.4 Å². The van der Waals surface area contributed by atoms with E-state index in [4.69, 9.17) is 4.52 Å². The fourth-order valence-electron chi connectivity index (χ4n) is 2.83. The van der Waals surface area contributed by atoms with Gasteiger partial charge in [-0.3, -0.25) is 4.90 Å². The van der Waals surface area contributed by atoms with E-state index in [0.717, 1.165) is 37.8 Å². The molecule has 0 bridgehead atoms. The first kappa shape index (κ1) is 14.5. The Labute approximate surface area is 115 Å². The van der Waals surface area contributed by atoms with E-state index >= 15 is 0 Å². The molecule has 2 heterocycles. The Hall–Kier alpha value is -0.940. The molecule has 5 heteroatoms. The Bertz CT molecular complexity index is 379. The zero-order valence-corrected chi connectivity index (χ0v) is 12.4. The molecule has 1 N–H and O–H groups in total. The predicted molar refractivity (Wildman–Crippen MR) is 75.1 cm³/mol. The van der Waals surface area contributed by atoms with Gasteiger partial charge < -0.3 is 9.84 Å². The Morgan fingerprint density at radius 2 is 2.26 bits per heavy atom. The maximum Gasteiger partial charge on any atom is 0.227 e. The predicted octanol–water partition coefficient (Wildman–Crippen LogP) is 1.77. The largest absolute Gasteiger partial charge is 0.339 e. The van der Waals surface area contributed by atoms with Crippen LogP contribution in [0.25, 0.3) is 0 Å². The van der Waals surface area contributed by atoms with Crippen LogP contribution in [0, 0.1) is 6.92 Å². The minimum absolute atomic E-state index is 0.636. The van der Waals surface area contributed by atoms with Gasteiger partial charge in [0, 0.05) is 38.1 Å². The van der Waals surface area contributed by atoms with Crippen LogP contribution in [0.4, 0.5) is 0 Å². The maximum absolute atomic E-state index is 5.20. The minimum Gasteiger partial charge on any atom is -0.339 e. The summed E-state index contributed by atoms with van der Waals surface area (Å²) in [7, 11) is 0. The van der Waals surface area contributed by atoms with E-state index in [1.165, 1.54) is 19.3 Å². The molecule has 0 amide bonds. The van der Waals surface area contributed by atoms with Crippen LogP contribution in [-0.4, -0.2) is 46.8 Å². The number of hydrogen-bond donors (Lipinski definition) is 1. The zero-order chi connectivity index (χ0) is 13.7. The minimum atomic E-state index is 0.636. The number of nitrogens with one attached hydrogen (secondary N) is 1. The van der Waals surface area contributed by atoms with E-state index in [1.54, 1.807) is 0 Å². The molecule has 1 saturated heterocycles. The molecule has 19 heavy (non-hydrogen) atoms. The highest BCUT2D eigenvalue weighted by Crippen LogP contribution is 2.14. The van der Waals surface area contributed by atoms with Crippen LogP contribution >= 0.6 is 0 Å². The Morgan fingerprint density at radius 3 is 2.89 bits per heavy atom. The van der Waals surface area contributed by atoms with Crippen LogP contribution in [0.5, 0.6) is 0 Å². The molecular weight excluding hydrogens is 240 g/mol. The van der Waals surface area contributed by atoms with Crippen LogP contribution in [0.2, 0.25) is 0 Å². The van der Waals surface area contributed by atoms with E-state index in [-0.39, 0.29) is 0 Å². The lowest BCUT2D eigenvalue weighted by Gasteiger charge is -2.40. The summed E-state index contributed by atoms with van der Waals surface area (Å²) >= 11 is 0. The molecule has 0 radical (unpaired) electrons. The summed E-state index contributed by atoms with van der Waals surface area (Å²) in [4.78, 5) is 6.86. The van der Waals surface area contributed by atoms with Crippen molar-refractivity contribution in [3.8, 4) is 0 Å². The molecule has 2 atom stereocenters. The second-order valence-corrected chi connectivity index (χ2v) is 5.44. The van der Waals surface area contributed by atoms with E-state index < -0.39 is 0 Å². The molecule has 1 aromatic rings. The number of aromatic nitrogens is 2. The monoisotopic (exact) mass is 266 g/mol. The quantitative estimate of drug-likeness (QED) is 0.850. The van der Waals surface area contributed by atoms with Crippen molar-refractivity contribution in [1.29, 1.82) is 0 Å². The summed E-state index contributed by atoms with van der Waals surface area (Å²) in [5.41, 5.74) is 0. The third kappa shape index (κ3) is 4.01. The van der Waals surface area contributed by atoms with Gasteiger partial charge in [0.1, 0.15) is 0 Å². The van der Waals surface area contributed by atoms with Crippen molar-refractivity contribution in [2.45, 2.75) is 58.5 Å². The van der Waals surface area contributed by atoms with Gasteiger partial charge >= 0.3 is 0 Å². The third-order valence-corrected chi connectivity index (χ3v) is 3.90. The average molecular weight is 266 g/mol. The first-order valence-corrected chi connectivity index (χ1v) is 7.49. The van der Waals surface area contributed by atoms with Gasteiger partial charge in [0.2, 0.25) is 5.89 Å². The Kier molecular flexibility index (Phi) is 5.34. The molecule has 1 aliphatic heterocycles. The van der Waals surface area contributed by atoms with E-state index in [9.17, 15) is 0 Å². The lowest BCUT2D eigenvalue weighted by Crippen LogP contribution is -2.56. The van der Waals surface area contributed by atoms with Gasteiger partial charge in [0.15, 0.2) is 5.82 Å². The molecule has 108 valence electrons. The van der Waals surface area contributed by atoms with Crippen molar-refractivity contribution in [2.75, 3.05) is 19.6 Å². The molecule has 2 rings (SSSR count). The van der Waals surface area contributed by atoms with Gasteiger partial charge in [0.25, 0.3) is 0 Å². The molecule has 1 aromatic heterocycles. The summed E-state index contributed by atoms with van der Waals surface area (Å²) in [5, 5.41) is 7.51. The lowest BCUT2D eigenvalue weighted by molar-refractivity contribution is 0.121. The molecule has 5 nitrogen and oxygen atoms in total. The molecular formula is C14H26N4O. The van der Waals surface area contributed by atoms with E-state index in [0.29, 0.717) is 12.1 Å². The van der Waals surface area contributed by atoms with Crippen molar-refractivity contribution < 1.29 is 4.52 Å². The molecule has 0 aliphatic carbocycles. The van der Waals surface area contributed by atoms with Crippen LogP contribution in [0.15, 0.2) is 4.52 Å². The second kappa shape index (κ2) is 7.01. The lowest BCUT2D eigenvalue weighted by atomic mass is 10.0. The summed E-state index contributed by atoms with van der Waals surface area (Å²) in [6.45, 7) is 9.63. The number of nitrogens with zero attached hydrogens (tertiary/aromatic N) is 3. The Morgan fingerprint density at radius 1 is 1.42 bits per heavy atom. The van der Waals surface area contributed by atoms with E-state index in [2.05, 4.69) is 34.2 Å². The number of aryl methyl sites for hydroxylation is 1. The maximum atomic E-state index is 5.20. The van der Waals surface area contributed by atoms with E-state index in [1.807, 2.05) is 6.92 Å². The fraction of sp³-hybridized carbons (Fsp3) is 0.857. The molecule has 1 aliphatic rings. The molecule has 0 saturated carbocycles. The third-order valence-electron chi connectivity index (χ3n) is 3.90. The highest BCUT2D eigenvalue weighted by Gasteiger charge is 2.26. The smallest absolute Gasteiger partial charge is 0.227 e. The van der Waals surface area contributed by atoms with Crippen LogP contribution in [0.1, 0.15) is 44.8 Å². The second-order valence-electron chi connectivity index (χ2n) is 5.44. The van der Waals surface area contributed by atoms with Crippen molar-refractivity contribution in [3.63, 3.8) is 0 Å². The van der Waals surface area contributed by atoms with Crippen molar-refractivity contribution in [3.05, 3.63) is 11.7 Å². The van der Waals surface area contributed by atoms with Gasteiger partial charge in [-0.05, 0) is 19.8 Å². The highest BCUT2D eigenvalue weighted by molar-refractivity contribution is 4.89. The number of rotatable bonds is 6. The zero-order valence-electron chi connectivity index (χ0n) is 12.4. The van der Waals surface area contributed by atoms with Crippen molar-refractivity contribution in [2.24, 2.45) is 0 Å². The SMILES string of the molecule is CCCC1CN(CCc2nc(C)no2)C(CC)CN1. The van der Waals surface area contributed by atoms with Crippen LogP contribution < -0.4 is 5.32 Å². The van der Waals surface area contributed by atoms with Gasteiger partial charge in [0.05, 0.1) is 0 Å². The summed E-state index contributed by atoms with van der Waals surface area (Å²) in [6, 6.07) is 1.27. The standard InChI is InChI=1S/C14H26N4O/c1-4-6-12-10-18(13(5-2)9-15-12)8-7-14-16-11(3)17-19-14/h12-13,15H,4-10H2,1-3H3. The average Bonchev–Trinajstić information content (AvgIpc) is 2.83. The topological polar surface area (TPSA) is 54.2 Å². The number of hydrogen-bond acceptors (Lipinski definition) is 5. The molecule has 2 unspecified atom stereocenters. The summed E-state index contributed by atoms with van der Waals surface area (Å²) in [6.07, 6.45) is 4.54. The molecule has 1 fully saturated rings. The normalized spacial score (nSPS) is 24.8. The molecule has 0 spiro atoms. The first-order chi connectivity index (χ1) is 9.22. The summed E-state index contributed by atoms with van der Waals surface area (Å²) in [5.74, 6) is 1.49. The Balaban J connectivity index is 1.87. The number of piperazine rings is 1. The van der Waals surface area contributed by atoms with Crippen molar-refractivity contribution in [1.82, 2.24) is 20.4 Å².